The van der Waals surface area contributed by atoms with Crippen molar-refractivity contribution in [2.45, 2.75) is 26.3 Å². The van der Waals surface area contributed by atoms with Gasteiger partial charge in [0.05, 0.1) is 13.2 Å². The van der Waals surface area contributed by atoms with E-state index in [0.717, 1.165) is 43.8 Å². The fourth-order valence-corrected chi connectivity index (χ4v) is 3.30. The summed E-state index contributed by atoms with van der Waals surface area (Å²) in [6.45, 7) is 9.16. The lowest BCUT2D eigenvalue weighted by Gasteiger charge is -2.27. The molecule has 0 saturated carbocycles. The van der Waals surface area contributed by atoms with Crippen molar-refractivity contribution in [3.05, 3.63) is 35.5 Å². The number of hydrogen-bond acceptors (Lipinski definition) is 3. The molecule has 0 radical (unpaired) electrons. The lowest BCUT2D eigenvalue weighted by Crippen LogP contribution is -2.38. The Labute approximate surface area is 136 Å². The Kier molecular flexibility index (Phi) is 4.68. The molecule has 5 heteroatoms. The summed E-state index contributed by atoms with van der Waals surface area (Å²) >= 11 is 0. The number of carboxylic acids is 1. The van der Waals surface area contributed by atoms with Crippen molar-refractivity contribution in [3.8, 4) is 0 Å². The van der Waals surface area contributed by atoms with Crippen LogP contribution in [0.2, 0.25) is 0 Å². The minimum Gasteiger partial charge on any atom is -0.477 e. The number of ether oxygens (including phenoxy) is 1. The summed E-state index contributed by atoms with van der Waals surface area (Å²) in [5, 5.41) is 10.6. The maximum Gasteiger partial charge on any atom is 0.352 e. The molecule has 2 heterocycles. The number of aromatic carboxylic acids is 1. The highest BCUT2D eigenvalue weighted by Crippen LogP contribution is 2.28. The Bertz CT molecular complexity index is 700. The van der Waals surface area contributed by atoms with Crippen LogP contribution in [0.5, 0.6) is 0 Å². The van der Waals surface area contributed by atoms with Crippen LogP contribution in [0.4, 0.5) is 0 Å². The Morgan fingerprint density at radius 1 is 1.26 bits per heavy atom. The number of aromatic nitrogens is 1. The number of carbonyl (C=O) groups is 1. The predicted molar refractivity (Wildman–Crippen MR) is 90.2 cm³/mol. The van der Waals surface area contributed by atoms with Crippen LogP contribution < -0.4 is 0 Å². The van der Waals surface area contributed by atoms with E-state index in [1.807, 2.05) is 22.8 Å². The van der Waals surface area contributed by atoms with Gasteiger partial charge >= 0.3 is 5.97 Å². The first-order valence-corrected chi connectivity index (χ1v) is 8.23. The minimum atomic E-state index is -0.863. The van der Waals surface area contributed by atoms with E-state index in [-0.39, 0.29) is 0 Å². The highest BCUT2D eigenvalue weighted by molar-refractivity contribution is 5.96. The topological polar surface area (TPSA) is 54.7 Å². The van der Waals surface area contributed by atoms with Gasteiger partial charge in [-0.05, 0) is 23.6 Å². The van der Waals surface area contributed by atoms with Crippen LogP contribution in [-0.2, 0) is 11.3 Å². The normalized spacial score (nSPS) is 16.3. The maximum absolute atomic E-state index is 11.7. The second-order valence-corrected chi connectivity index (χ2v) is 6.38. The molecule has 1 aromatic carbocycles. The Hall–Kier alpha value is -1.85. The third kappa shape index (κ3) is 3.26. The average molecular weight is 316 g/mol. The van der Waals surface area contributed by atoms with E-state index in [0.29, 0.717) is 18.2 Å². The van der Waals surface area contributed by atoms with E-state index >= 15 is 0 Å². The van der Waals surface area contributed by atoms with Crippen LogP contribution in [0.15, 0.2) is 24.3 Å². The Balaban J connectivity index is 1.95. The van der Waals surface area contributed by atoms with E-state index in [4.69, 9.17) is 4.74 Å². The first kappa shape index (κ1) is 16.0. The summed E-state index contributed by atoms with van der Waals surface area (Å²) in [7, 11) is 0. The van der Waals surface area contributed by atoms with Crippen molar-refractivity contribution in [2.24, 2.45) is 0 Å². The number of morpholine rings is 1. The smallest absolute Gasteiger partial charge is 0.352 e. The van der Waals surface area contributed by atoms with E-state index in [1.165, 1.54) is 5.56 Å². The number of carboxylic acid groups (broad SMARTS) is 1. The fraction of sp³-hybridized carbons (Fsp3) is 0.500. The molecule has 5 nitrogen and oxygen atoms in total. The molecule has 1 N–H and O–H groups in total. The van der Waals surface area contributed by atoms with E-state index in [2.05, 4.69) is 24.8 Å². The molecule has 2 aromatic rings. The van der Waals surface area contributed by atoms with Gasteiger partial charge in [0.15, 0.2) is 0 Å². The van der Waals surface area contributed by atoms with Gasteiger partial charge in [0.25, 0.3) is 0 Å². The van der Waals surface area contributed by atoms with E-state index in [1.54, 1.807) is 0 Å². The molecule has 0 aliphatic carbocycles. The quantitative estimate of drug-likeness (QED) is 0.921. The van der Waals surface area contributed by atoms with Crippen LogP contribution in [0.3, 0.4) is 0 Å². The molecule has 23 heavy (non-hydrogen) atoms. The largest absolute Gasteiger partial charge is 0.477 e. The Morgan fingerprint density at radius 3 is 2.65 bits per heavy atom. The van der Waals surface area contributed by atoms with Gasteiger partial charge in [0, 0.05) is 37.1 Å². The zero-order valence-electron chi connectivity index (χ0n) is 13.8. The van der Waals surface area contributed by atoms with Gasteiger partial charge in [-0.3, -0.25) is 4.90 Å². The molecule has 3 rings (SSSR count). The van der Waals surface area contributed by atoms with Crippen molar-refractivity contribution < 1.29 is 14.6 Å². The molecule has 1 aliphatic rings. The lowest BCUT2D eigenvalue weighted by molar-refractivity contribution is 0.0362. The molecule has 1 fully saturated rings. The van der Waals surface area contributed by atoms with Gasteiger partial charge in [0.1, 0.15) is 5.69 Å². The molecular formula is C18H24N2O3. The van der Waals surface area contributed by atoms with Gasteiger partial charge in [0.2, 0.25) is 0 Å². The monoisotopic (exact) mass is 316 g/mol. The SMILES string of the molecule is CC(C)c1cccc2c1cc(C(=O)O)n2CCN1CCOCC1. The maximum atomic E-state index is 11.7. The third-order valence-electron chi connectivity index (χ3n) is 4.56. The molecular weight excluding hydrogens is 292 g/mol. The molecule has 1 saturated heterocycles. The summed E-state index contributed by atoms with van der Waals surface area (Å²) in [4.78, 5) is 14.0. The number of nitrogens with zero attached hydrogens (tertiary/aromatic N) is 2. The summed E-state index contributed by atoms with van der Waals surface area (Å²) < 4.78 is 7.31. The predicted octanol–water partition coefficient (Wildman–Crippen LogP) is 2.80. The van der Waals surface area contributed by atoms with Crippen LogP contribution in [-0.4, -0.2) is 53.4 Å². The van der Waals surface area contributed by atoms with Gasteiger partial charge in [-0.25, -0.2) is 4.79 Å². The first-order valence-electron chi connectivity index (χ1n) is 8.23. The van der Waals surface area contributed by atoms with Gasteiger partial charge in [-0.2, -0.15) is 0 Å². The van der Waals surface area contributed by atoms with Crippen molar-refractivity contribution in [3.63, 3.8) is 0 Å². The molecule has 124 valence electrons. The van der Waals surface area contributed by atoms with Crippen LogP contribution in [0, 0.1) is 0 Å². The van der Waals surface area contributed by atoms with Crippen molar-refractivity contribution in [1.82, 2.24) is 9.47 Å². The van der Waals surface area contributed by atoms with Gasteiger partial charge in [-0.1, -0.05) is 26.0 Å². The molecule has 0 spiro atoms. The number of rotatable bonds is 5. The second-order valence-electron chi connectivity index (χ2n) is 6.38. The van der Waals surface area contributed by atoms with E-state index < -0.39 is 5.97 Å². The number of hydrogen-bond donors (Lipinski definition) is 1. The molecule has 0 bridgehead atoms. The molecule has 0 amide bonds. The van der Waals surface area contributed by atoms with Crippen molar-refractivity contribution >= 4 is 16.9 Å². The highest BCUT2D eigenvalue weighted by atomic mass is 16.5. The molecule has 0 atom stereocenters. The number of fused-ring (bicyclic) bond motifs is 1. The van der Waals surface area contributed by atoms with Crippen LogP contribution in [0.1, 0.15) is 35.8 Å². The Morgan fingerprint density at radius 2 is 2.00 bits per heavy atom. The van der Waals surface area contributed by atoms with Crippen molar-refractivity contribution in [1.29, 1.82) is 0 Å². The summed E-state index contributed by atoms with van der Waals surface area (Å²) in [5.74, 6) is -0.492. The zero-order chi connectivity index (χ0) is 16.4. The zero-order valence-corrected chi connectivity index (χ0v) is 13.8. The third-order valence-corrected chi connectivity index (χ3v) is 4.56. The van der Waals surface area contributed by atoms with Gasteiger partial charge < -0.3 is 14.4 Å². The van der Waals surface area contributed by atoms with Gasteiger partial charge in [-0.15, -0.1) is 0 Å². The summed E-state index contributed by atoms with van der Waals surface area (Å²) in [5.41, 5.74) is 2.60. The summed E-state index contributed by atoms with van der Waals surface area (Å²) in [6.07, 6.45) is 0. The first-order chi connectivity index (χ1) is 11.1. The highest BCUT2D eigenvalue weighted by Gasteiger charge is 2.18. The minimum absolute atomic E-state index is 0.371. The molecule has 1 aliphatic heterocycles. The lowest BCUT2D eigenvalue weighted by atomic mass is 9.99. The van der Waals surface area contributed by atoms with Crippen LogP contribution in [0.25, 0.3) is 10.9 Å². The standard InChI is InChI=1S/C18H24N2O3/c1-13(2)14-4-3-5-16-15(14)12-17(18(21)22)20(16)7-6-19-8-10-23-11-9-19/h3-5,12-13H,6-11H2,1-2H3,(H,21,22). The second kappa shape index (κ2) is 6.72. The fourth-order valence-electron chi connectivity index (χ4n) is 3.30. The molecule has 0 unspecified atom stereocenters. The number of benzene rings is 1. The summed E-state index contributed by atoms with van der Waals surface area (Å²) in [6, 6.07) is 7.96. The van der Waals surface area contributed by atoms with Crippen LogP contribution >= 0.6 is 0 Å². The van der Waals surface area contributed by atoms with Crippen molar-refractivity contribution in [2.75, 3.05) is 32.8 Å². The average Bonchev–Trinajstić information content (AvgIpc) is 2.92. The van der Waals surface area contributed by atoms with E-state index in [9.17, 15) is 9.90 Å². The molecule has 1 aromatic heterocycles.